The average Bonchev–Trinajstić information content (AvgIpc) is 3.15. The van der Waals surface area contributed by atoms with Crippen molar-refractivity contribution in [3.63, 3.8) is 0 Å². The van der Waals surface area contributed by atoms with E-state index in [1.807, 2.05) is 36.4 Å². The summed E-state index contributed by atoms with van der Waals surface area (Å²) in [5.74, 6) is -8.64. The van der Waals surface area contributed by atoms with Crippen LogP contribution >= 0.6 is 0 Å². The van der Waals surface area contributed by atoms with Crippen LogP contribution in [0.5, 0.6) is 0 Å². The van der Waals surface area contributed by atoms with Crippen LogP contribution in [-0.4, -0.2) is 138 Å². The molecule has 2 aliphatic heterocycles. The third kappa shape index (κ3) is 19.3. The van der Waals surface area contributed by atoms with Gasteiger partial charge < -0.3 is 30.4 Å². The van der Waals surface area contributed by atoms with Gasteiger partial charge in [-0.25, -0.2) is 18.8 Å². The molecule has 12 nitrogen and oxygen atoms in total. The maximum absolute atomic E-state index is 14.9. The summed E-state index contributed by atoms with van der Waals surface area (Å²) in [5, 5.41) is 27.9. The number of nitrogens with one attached hydrogen (secondary N) is 2. The summed E-state index contributed by atoms with van der Waals surface area (Å²) in [4.78, 5) is 44.6. The number of carboxylic acid groups (broad SMARTS) is 3. The molecule has 0 unspecified atom stereocenters. The Morgan fingerprint density at radius 1 is 0.705 bits per heavy atom. The van der Waals surface area contributed by atoms with E-state index in [0.29, 0.717) is 23.7 Å². The van der Waals surface area contributed by atoms with Gasteiger partial charge in [0.1, 0.15) is 5.82 Å². The lowest BCUT2D eigenvalue weighted by atomic mass is 10.00. The van der Waals surface area contributed by atoms with Gasteiger partial charge in [-0.1, -0.05) is 36.4 Å². The first kappa shape index (κ1) is 51.8. The third-order valence-corrected chi connectivity index (χ3v) is 8.95. The molecule has 3 aromatic rings. The Morgan fingerprint density at radius 3 is 1.70 bits per heavy atom. The maximum Gasteiger partial charge on any atom is 0.490 e. The van der Waals surface area contributed by atoms with Crippen LogP contribution in [0.15, 0.2) is 66.7 Å². The van der Waals surface area contributed by atoms with Crippen molar-refractivity contribution < 1.29 is 82.9 Å². The number of hydrogen-bond donors (Lipinski definition) is 5. The number of carbonyl (C=O) groups is 4. The standard InChI is InChI=1S/C33H42FN5O.3C2HF3O2/c1-25-22-38(13-12-35-25)24-27-6-4-8-29(18-27)31-20-26(10-11-32(31)34)21-36-33(40)30-9-5-7-28(19-30)23-37-14-16-39(2,3)17-15-37;3*3-2(4,5)1(6)7/h4-11,18-20,25,35H,12-17,21-24H2,1-3H3;3*(H,6,7)/p+1/t25-;;;/m0.../s1. The van der Waals surface area contributed by atoms with Gasteiger partial charge in [0.25, 0.3) is 5.91 Å². The molecule has 2 aliphatic rings. The van der Waals surface area contributed by atoms with Gasteiger partial charge in [0.05, 0.1) is 27.2 Å². The minimum absolute atomic E-state index is 0.114. The molecule has 5 rings (SSSR count). The average molecular weight is 887 g/mol. The minimum Gasteiger partial charge on any atom is -0.475 e. The van der Waals surface area contributed by atoms with E-state index in [9.17, 15) is 48.7 Å². The fourth-order valence-corrected chi connectivity index (χ4v) is 5.71. The van der Waals surface area contributed by atoms with Crippen LogP contribution in [0, 0.1) is 5.82 Å². The Hall–Kier alpha value is -5.32. The SMILES string of the molecule is C[C@H]1CN(Cc2cccc(-c3cc(CNC(=O)c4cccc(CN5CC[N+](C)(C)CC5)c4)ccc3F)c2)CCN1.O=C(O)C(F)(F)F.O=C(O)C(F)(F)F.O=C(O)C(F)(F)F. The lowest BCUT2D eigenvalue weighted by Crippen LogP contribution is -2.54. The molecule has 1 atom stereocenters. The molecule has 0 saturated carbocycles. The van der Waals surface area contributed by atoms with E-state index >= 15 is 0 Å². The lowest BCUT2D eigenvalue weighted by molar-refractivity contribution is -0.894. The number of carbonyl (C=O) groups excluding carboxylic acids is 1. The van der Waals surface area contributed by atoms with Gasteiger partial charge in [-0.15, -0.1) is 0 Å². The predicted octanol–water partition coefficient (Wildman–Crippen LogP) is 6.01. The fourth-order valence-electron chi connectivity index (χ4n) is 5.71. The Labute approximate surface area is 343 Å². The second kappa shape index (κ2) is 22.5. The van der Waals surface area contributed by atoms with Crippen LogP contribution in [0.1, 0.15) is 34.0 Å². The Bertz CT molecular complexity index is 1870. The van der Waals surface area contributed by atoms with Gasteiger partial charge in [0, 0.05) is 69.5 Å². The van der Waals surface area contributed by atoms with Crippen molar-refractivity contribution in [2.24, 2.45) is 0 Å². The number of likely N-dealkylation sites (N-methyl/N-ethyl adjacent to an activating group) is 1. The number of amides is 1. The van der Waals surface area contributed by atoms with Crippen molar-refractivity contribution in [1.82, 2.24) is 20.4 Å². The number of carboxylic acids is 3. The van der Waals surface area contributed by atoms with Crippen molar-refractivity contribution in [3.8, 4) is 11.1 Å². The zero-order chi connectivity index (χ0) is 46.3. The topological polar surface area (TPSA) is 160 Å². The monoisotopic (exact) mass is 886 g/mol. The number of alkyl halides is 9. The van der Waals surface area contributed by atoms with Crippen molar-refractivity contribution in [2.75, 3.05) is 59.9 Å². The molecule has 2 heterocycles. The molecule has 2 fully saturated rings. The number of halogens is 10. The smallest absolute Gasteiger partial charge is 0.475 e. The van der Waals surface area contributed by atoms with E-state index in [-0.39, 0.29) is 11.7 Å². The van der Waals surface area contributed by atoms with Crippen molar-refractivity contribution in [2.45, 2.75) is 51.1 Å². The zero-order valence-electron chi connectivity index (χ0n) is 33.1. The van der Waals surface area contributed by atoms with Crippen LogP contribution in [0.2, 0.25) is 0 Å². The van der Waals surface area contributed by atoms with Gasteiger partial charge in [-0.05, 0) is 59.5 Å². The molecule has 1 amide bonds. The largest absolute Gasteiger partial charge is 0.490 e. The molecule has 5 N–H and O–H groups in total. The Morgan fingerprint density at radius 2 is 1.20 bits per heavy atom. The maximum atomic E-state index is 14.9. The molecular formula is C39H46F10N5O7+. The predicted molar refractivity (Wildman–Crippen MR) is 200 cm³/mol. The van der Waals surface area contributed by atoms with Crippen LogP contribution in [0.3, 0.4) is 0 Å². The van der Waals surface area contributed by atoms with E-state index < -0.39 is 36.4 Å². The quantitative estimate of drug-likeness (QED) is 0.134. The van der Waals surface area contributed by atoms with Gasteiger partial charge >= 0.3 is 36.4 Å². The summed E-state index contributed by atoms with van der Waals surface area (Å²) in [6.07, 6.45) is -15.3. The van der Waals surface area contributed by atoms with Crippen LogP contribution in [0.4, 0.5) is 43.9 Å². The number of nitrogens with zero attached hydrogens (tertiary/aromatic N) is 3. The third-order valence-electron chi connectivity index (χ3n) is 8.95. The molecule has 338 valence electrons. The Kier molecular flexibility index (Phi) is 19.1. The van der Waals surface area contributed by atoms with Gasteiger partial charge in [0.2, 0.25) is 0 Å². The molecule has 3 aromatic carbocycles. The molecule has 0 bridgehead atoms. The molecule has 0 aliphatic carbocycles. The first-order chi connectivity index (χ1) is 28.1. The van der Waals surface area contributed by atoms with Crippen molar-refractivity contribution in [3.05, 3.63) is 94.8 Å². The highest BCUT2D eigenvalue weighted by Crippen LogP contribution is 2.26. The second-order valence-corrected chi connectivity index (χ2v) is 14.6. The molecular weight excluding hydrogens is 840 g/mol. The number of rotatable bonds is 8. The number of quaternary nitrogens is 1. The van der Waals surface area contributed by atoms with Crippen LogP contribution in [0.25, 0.3) is 11.1 Å². The molecule has 0 spiro atoms. The summed E-state index contributed by atoms with van der Waals surface area (Å²) in [5.41, 5.74) is 5.28. The van der Waals surface area contributed by atoms with Crippen LogP contribution < -0.4 is 10.6 Å². The summed E-state index contributed by atoms with van der Waals surface area (Å²) in [6.45, 7) is 11.7. The van der Waals surface area contributed by atoms with Crippen molar-refractivity contribution >= 4 is 23.8 Å². The highest BCUT2D eigenvalue weighted by atomic mass is 19.4. The summed E-state index contributed by atoms with van der Waals surface area (Å²) >= 11 is 0. The lowest BCUT2D eigenvalue weighted by Gasteiger charge is -2.39. The zero-order valence-corrected chi connectivity index (χ0v) is 33.1. The summed E-state index contributed by atoms with van der Waals surface area (Å²) in [7, 11) is 4.55. The van der Waals surface area contributed by atoms with E-state index in [4.69, 9.17) is 29.7 Å². The number of benzene rings is 3. The second-order valence-electron chi connectivity index (χ2n) is 14.6. The van der Waals surface area contributed by atoms with Crippen molar-refractivity contribution in [1.29, 1.82) is 0 Å². The molecule has 2 saturated heterocycles. The first-order valence-corrected chi connectivity index (χ1v) is 18.2. The minimum atomic E-state index is -5.08. The molecule has 0 aromatic heterocycles. The van der Waals surface area contributed by atoms with E-state index in [1.54, 1.807) is 6.07 Å². The summed E-state index contributed by atoms with van der Waals surface area (Å²) in [6, 6.07) is 21.6. The van der Waals surface area contributed by atoms with Gasteiger partial charge in [-0.2, -0.15) is 39.5 Å². The first-order valence-electron chi connectivity index (χ1n) is 18.2. The normalized spacial score (nSPS) is 16.9. The number of aliphatic carboxylic acids is 3. The highest BCUT2D eigenvalue weighted by Gasteiger charge is 2.39. The molecule has 22 heteroatoms. The molecule has 61 heavy (non-hydrogen) atoms. The Balaban J connectivity index is 0.000000502. The van der Waals surface area contributed by atoms with Gasteiger partial charge in [0.15, 0.2) is 0 Å². The number of hydrogen-bond acceptors (Lipinski definition) is 7. The van der Waals surface area contributed by atoms with Gasteiger partial charge in [-0.3, -0.25) is 14.6 Å². The highest BCUT2D eigenvalue weighted by molar-refractivity contribution is 5.94. The van der Waals surface area contributed by atoms with Crippen LogP contribution in [-0.2, 0) is 34.0 Å². The fraction of sp³-hybridized carbons (Fsp3) is 0.436. The van der Waals surface area contributed by atoms with E-state index in [0.717, 1.165) is 80.1 Å². The van der Waals surface area contributed by atoms with E-state index in [2.05, 4.69) is 59.7 Å². The van der Waals surface area contributed by atoms with E-state index in [1.165, 1.54) is 11.6 Å². The molecule has 0 radical (unpaired) electrons. The number of piperazine rings is 2. The summed E-state index contributed by atoms with van der Waals surface area (Å²) < 4.78 is 111.